The summed E-state index contributed by atoms with van der Waals surface area (Å²) in [5.74, 6) is 0.335. The van der Waals surface area contributed by atoms with Crippen LogP contribution < -0.4 is 10.0 Å². The molecule has 1 aromatic heterocycles. The molecule has 0 atom stereocenters. The Labute approximate surface area is 125 Å². The van der Waals surface area contributed by atoms with Crippen molar-refractivity contribution < 1.29 is 8.42 Å². The van der Waals surface area contributed by atoms with E-state index in [1.54, 1.807) is 13.1 Å². The first-order valence-electron chi connectivity index (χ1n) is 6.73. The molecule has 0 saturated heterocycles. The average molecular weight is 308 g/mol. The summed E-state index contributed by atoms with van der Waals surface area (Å²) >= 11 is 0. The third-order valence-corrected chi connectivity index (χ3v) is 4.51. The van der Waals surface area contributed by atoms with E-state index in [0.29, 0.717) is 23.7 Å². The predicted molar refractivity (Wildman–Crippen MR) is 82.7 cm³/mol. The van der Waals surface area contributed by atoms with E-state index in [1.807, 2.05) is 18.2 Å². The molecule has 7 heteroatoms. The number of nitrogens with zero attached hydrogens (tertiary/aromatic N) is 1. The minimum absolute atomic E-state index is 0.0896. The highest BCUT2D eigenvalue weighted by molar-refractivity contribution is 7.92. The fourth-order valence-electron chi connectivity index (χ4n) is 2.02. The Morgan fingerprint density at radius 3 is 2.76 bits per heavy atom. The van der Waals surface area contributed by atoms with Gasteiger partial charge in [0.25, 0.3) is 10.0 Å². The Hall–Kier alpha value is -1.86. The Morgan fingerprint density at radius 2 is 2.10 bits per heavy atom. The molecule has 0 saturated carbocycles. The van der Waals surface area contributed by atoms with Crippen LogP contribution in [0.1, 0.15) is 30.9 Å². The second-order valence-corrected chi connectivity index (χ2v) is 6.76. The molecule has 3 N–H and O–H groups in total. The van der Waals surface area contributed by atoms with Crippen LogP contribution in [0, 0.1) is 0 Å². The van der Waals surface area contributed by atoms with Gasteiger partial charge in [-0.1, -0.05) is 26.0 Å². The number of H-pyrrole nitrogens is 1. The second-order valence-electron chi connectivity index (χ2n) is 5.14. The zero-order valence-corrected chi connectivity index (χ0v) is 13.2. The number of anilines is 1. The molecule has 0 spiro atoms. The van der Waals surface area contributed by atoms with E-state index in [2.05, 4.69) is 34.1 Å². The van der Waals surface area contributed by atoms with Crippen LogP contribution in [-0.4, -0.2) is 25.7 Å². The Bertz CT molecular complexity index is 707. The van der Waals surface area contributed by atoms with Crippen molar-refractivity contribution in [2.24, 2.45) is 0 Å². The standard InChI is InChI=1S/C14H20N4O2S/c1-10(2)11-5-4-6-13(7-11)18-21(19,20)14-12(8-15-3)9-16-17-14/h4-7,9-10,15,18H,8H2,1-3H3,(H,16,17). The lowest BCUT2D eigenvalue weighted by Crippen LogP contribution is -2.17. The van der Waals surface area contributed by atoms with Crippen LogP contribution in [0.25, 0.3) is 0 Å². The van der Waals surface area contributed by atoms with Crippen molar-refractivity contribution in [1.82, 2.24) is 15.5 Å². The van der Waals surface area contributed by atoms with Gasteiger partial charge in [-0.2, -0.15) is 13.5 Å². The maximum absolute atomic E-state index is 12.4. The molecule has 1 heterocycles. The summed E-state index contributed by atoms with van der Waals surface area (Å²) in [6, 6.07) is 7.40. The SMILES string of the molecule is CNCc1cn[nH]c1S(=O)(=O)Nc1cccc(C(C)C)c1. The largest absolute Gasteiger partial charge is 0.316 e. The van der Waals surface area contributed by atoms with Crippen LogP contribution in [0.4, 0.5) is 5.69 Å². The Balaban J connectivity index is 2.29. The van der Waals surface area contributed by atoms with Crippen LogP contribution in [0.5, 0.6) is 0 Å². The van der Waals surface area contributed by atoms with E-state index in [0.717, 1.165) is 5.56 Å². The van der Waals surface area contributed by atoms with Gasteiger partial charge in [0.05, 0.1) is 6.20 Å². The van der Waals surface area contributed by atoms with E-state index in [-0.39, 0.29) is 5.03 Å². The van der Waals surface area contributed by atoms with Crippen LogP contribution in [-0.2, 0) is 16.6 Å². The van der Waals surface area contributed by atoms with Gasteiger partial charge in [0.1, 0.15) is 0 Å². The molecule has 0 fully saturated rings. The van der Waals surface area contributed by atoms with Crippen molar-refractivity contribution >= 4 is 15.7 Å². The van der Waals surface area contributed by atoms with Crippen LogP contribution in [0.3, 0.4) is 0 Å². The van der Waals surface area contributed by atoms with Gasteiger partial charge in [0, 0.05) is 17.8 Å². The molecule has 0 aliphatic rings. The van der Waals surface area contributed by atoms with Gasteiger partial charge in [0.2, 0.25) is 0 Å². The monoisotopic (exact) mass is 308 g/mol. The highest BCUT2D eigenvalue weighted by Crippen LogP contribution is 2.21. The third-order valence-electron chi connectivity index (χ3n) is 3.12. The van der Waals surface area contributed by atoms with Crippen LogP contribution >= 0.6 is 0 Å². The fraction of sp³-hybridized carbons (Fsp3) is 0.357. The molecular weight excluding hydrogens is 288 g/mol. The summed E-state index contributed by atoms with van der Waals surface area (Å²) in [7, 11) is -1.92. The molecule has 6 nitrogen and oxygen atoms in total. The van der Waals surface area contributed by atoms with Crippen molar-refractivity contribution in [1.29, 1.82) is 0 Å². The predicted octanol–water partition coefficient (Wildman–Crippen LogP) is 2.05. The maximum atomic E-state index is 12.4. The van der Waals surface area contributed by atoms with Crippen molar-refractivity contribution in [2.45, 2.75) is 31.3 Å². The first kappa shape index (κ1) is 15.5. The molecule has 0 unspecified atom stereocenters. The van der Waals surface area contributed by atoms with Crippen LogP contribution in [0.2, 0.25) is 0 Å². The lowest BCUT2D eigenvalue weighted by molar-refractivity contribution is 0.595. The minimum Gasteiger partial charge on any atom is -0.316 e. The molecule has 0 amide bonds. The Kier molecular flexibility index (Phi) is 4.64. The number of hydrogen-bond donors (Lipinski definition) is 3. The highest BCUT2D eigenvalue weighted by Gasteiger charge is 2.20. The Morgan fingerprint density at radius 1 is 1.33 bits per heavy atom. The van der Waals surface area contributed by atoms with Gasteiger partial charge in [-0.25, -0.2) is 0 Å². The van der Waals surface area contributed by atoms with Crippen molar-refractivity contribution in [3.8, 4) is 0 Å². The molecule has 0 radical (unpaired) electrons. The lowest BCUT2D eigenvalue weighted by Gasteiger charge is -2.11. The molecule has 2 rings (SSSR count). The van der Waals surface area contributed by atoms with E-state index in [9.17, 15) is 8.42 Å². The number of rotatable bonds is 6. The number of hydrogen-bond acceptors (Lipinski definition) is 4. The van der Waals surface area contributed by atoms with E-state index >= 15 is 0 Å². The fourth-order valence-corrected chi connectivity index (χ4v) is 3.20. The number of aromatic nitrogens is 2. The van der Waals surface area contributed by atoms with Gasteiger partial charge >= 0.3 is 0 Å². The topological polar surface area (TPSA) is 86.9 Å². The normalized spacial score (nSPS) is 11.8. The zero-order chi connectivity index (χ0) is 15.5. The number of benzene rings is 1. The van der Waals surface area contributed by atoms with Gasteiger partial charge < -0.3 is 5.32 Å². The maximum Gasteiger partial charge on any atom is 0.279 e. The second kappa shape index (κ2) is 6.28. The van der Waals surface area contributed by atoms with Gasteiger partial charge in [-0.05, 0) is 30.7 Å². The highest BCUT2D eigenvalue weighted by atomic mass is 32.2. The molecule has 21 heavy (non-hydrogen) atoms. The molecule has 114 valence electrons. The van der Waals surface area contributed by atoms with Crippen molar-refractivity contribution in [2.75, 3.05) is 11.8 Å². The molecule has 2 aromatic rings. The first-order valence-corrected chi connectivity index (χ1v) is 8.22. The molecule has 0 bridgehead atoms. The lowest BCUT2D eigenvalue weighted by atomic mass is 10.0. The minimum atomic E-state index is -3.67. The van der Waals surface area contributed by atoms with Gasteiger partial charge in [-0.15, -0.1) is 0 Å². The summed E-state index contributed by atoms with van der Waals surface area (Å²) in [5, 5.41) is 9.37. The zero-order valence-electron chi connectivity index (χ0n) is 12.3. The summed E-state index contributed by atoms with van der Waals surface area (Å²) in [6.07, 6.45) is 1.51. The number of aromatic amines is 1. The van der Waals surface area contributed by atoms with E-state index in [1.165, 1.54) is 6.20 Å². The molecule has 0 aliphatic carbocycles. The summed E-state index contributed by atoms with van der Waals surface area (Å²) in [6.45, 7) is 4.56. The van der Waals surface area contributed by atoms with Crippen LogP contribution in [0.15, 0.2) is 35.5 Å². The van der Waals surface area contributed by atoms with E-state index in [4.69, 9.17) is 0 Å². The number of sulfonamides is 1. The number of nitrogens with one attached hydrogen (secondary N) is 3. The molecular formula is C14H20N4O2S. The van der Waals surface area contributed by atoms with Crippen molar-refractivity contribution in [3.05, 3.63) is 41.6 Å². The quantitative estimate of drug-likeness (QED) is 0.762. The summed E-state index contributed by atoms with van der Waals surface area (Å²) < 4.78 is 27.4. The van der Waals surface area contributed by atoms with E-state index < -0.39 is 10.0 Å². The van der Waals surface area contributed by atoms with Gasteiger partial charge in [-0.3, -0.25) is 9.82 Å². The average Bonchev–Trinajstić information content (AvgIpc) is 2.88. The summed E-state index contributed by atoms with van der Waals surface area (Å²) in [5.41, 5.74) is 2.23. The van der Waals surface area contributed by atoms with Gasteiger partial charge in [0.15, 0.2) is 5.03 Å². The smallest absolute Gasteiger partial charge is 0.279 e. The van der Waals surface area contributed by atoms with Crippen molar-refractivity contribution in [3.63, 3.8) is 0 Å². The third kappa shape index (κ3) is 3.62. The first-order chi connectivity index (χ1) is 9.94. The molecule has 0 aliphatic heterocycles. The molecule has 1 aromatic carbocycles. The summed E-state index contributed by atoms with van der Waals surface area (Å²) in [4.78, 5) is 0.